The summed E-state index contributed by atoms with van der Waals surface area (Å²) in [4.78, 5) is 11.7. The number of nitrogens with zero attached hydrogens (tertiary/aromatic N) is 2. The summed E-state index contributed by atoms with van der Waals surface area (Å²) in [5.41, 5.74) is 2.17. The van der Waals surface area contributed by atoms with Crippen LogP contribution in [0.2, 0.25) is 0 Å². The Bertz CT molecular complexity index is 814. The van der Waals surface area contributed by atoms with Gasteiger partial charge in [-0.3, -0.25) is 0 Å². The minimum absolute atomic E-state index is 0.406. The quantitative estimate of drug-likeness (QED) is 0.493. The summed E-state index contributed by atoms with van der Waals surface area (Å²) >= 11 is 0. The Balaban J connectivity index is 1.54. The lowest BCUT2D eigenvalue weighted by Crippen LogP contribution is -2.07. The predicted molar refractivity (Wildman–Crippen MR) is 88.1 cm³/mol. The van der Waals surface area contributed by atoms with Gasteiger partial charge in [-0.1, -0.05) is 30.3 Å². The van der Waals surface area contributed by atoms with Crippen molar-refractivity contribution in [1.29, 1.82) is 0 Å². The number of fused-ring (bicyclic) bond motifs is 1. The third kappa shape index (κ3) is 3.72. The largest absolute Gasteiger partial charge is 0.491 e. The normalized spacial score (nSPS) is 10.7. The summed E-state index contributed by atoms with van der Waals surface area (Å²) in [6.07, 6.45) is 3.22. The van der Waals surface area contributed by atoms with Crippen LogP contribution in [0.4, 0.5) is 0 Å². The maximum atomic E-state index is 11.7. The Morgan fingerprint density at radius 3 is 2.79 bits per heavy atom. The second-order valence-electron chi connectivity index (χ2n) is 5.13. The molecular formula is C18H18N2O4. The lowest BCUT2D eigenvalue weighted by molar-refractivity contribution is 0.0603. The van der Waals surface area contributed by atoms with E-state index in [0.29, 0.717) is 36.7 Å². The highest BCUT2D eigenvalue weighted by molar-refractivity contribution is 5.96. The van der Waals surface area contributed by atoms with E-state index >= 15 is 0 Å². The van der Waals surface area contributed by atoms with E-state index in [1.54, 1.807) is 22.8 Å². The van der Waals surface area contributed by atoms with Gasteiger partial charge >= 0.3 is 5.97 Å². The van der Waals surface area contributed by atoms with Gasteiger partial charge < -0.3 is 14.2 Å². The minimum atomic E-state index is -0.423. The molecule has 2 heterocycles. The fraction of sp³-hybridized carbons (Fsp3) is 0.222. The molecule has 0 atom stereocenters. The average molecular weight is 326 g/mol. The Labute approximate surface area is 139 Å². The molecule has 124 valence electrons. The standard InChI is InChI=1S/C18H18N2O4/c1-22-18(21)16-12-19-20-8-7-15(11-17(16)20)24-10-9-23-13-14-5-3-2-4-6-14/h2-8,11-12H,9-10,13H2,1H3. The lowest BCUT2D eigenvalue weighted by atomic mass is 10.2. The van der Waals surface area contributed by atoms with Crippen LogP contribution in [0.3, 0.4) is 0 Å². The van der Waals surface area contributed by atoms with Crippen molar-refractivity contribution in [2.45, 2.75) is 6.61 Å². The van der Waals surface area contributed by atoms with E-state index in [9.17, 15) is 4.79 Å². The van der Waals surface area contributed by atoms with Crippen molar-refractivity contribution in [3.8, 4) is 5.75 Å². The molecule has 6 heteroatoms. The SMILES string of the molecule is COC(=O)c1cnn2ccc(OCCOCc3ccccc3)cc12. The highest BCUT2D eigenvalue weighted by atomic mass is 16.5. The number of carbonyl (C=O) groups is 1. The highest BCUT2D eigenvalue weighted by Gasteiger charge is 2.13. The molecule has 0 aliphatic heterocycles. The number of methoxy groups -OCH3 is 1. The van der Waals surface area contributed by atoms with E-state index < -0.39 is 5.97 Å². The van der Waals surface area contributed by atoms with E-state index in [-0.39, 0.29) is 0 Å². The number of pyridine rings is 1. The molecule has 0 saturated heterocycles. The molecular weight excluding hydrogens is 308 g/mol. The zero-order valence-electron chi connectivity index (χ0n) is 13.3. The molecule has 0 N–H and O–H groups in total. The molecule has 3 rings (SSSR count). The number of ether oxygens (including phenoxy) is 3. The number of benzene rings is 1. The zero-order valence-corrected chi connectivity index (χ0v) is 13.3. The first-order chi connectivity index (χ1) is 11.8. The van der Waals surface area contributed by atoms with Crippen LogP contribution in [0, 0.1) is 0 Å². The van der Waals surface area contributed by atoms with E-state index in [1.165, 1.54) is 13.3 Å². The van der Waals surface area contributed by atoms with Gasteiger partial charge in [0.05, 0.1) is 32.0 Å². The van der Waals surface area contributed by atoms with Crippen LogP contribution in [-0.2, 0) is 16.1 Å². The Kier molecular flexibility index (Phi) is 5.08. The van der Waals surface area contributed by atoms with Crippen molar-refractivity contribution in [2.24, 2.45) is 0 Å². The molecule has 0 aliphatic carbocycles. The Morgan fingerprint density at radius 1 is 1.17 bits per heavy atom. The van der Waals surface area contributed by atoms with E-state index in [1.807, 2.05) is 30.3 Å². The fourth-order valence-electron chi connectivity index (χ4n) is 2.30. The fourth-order valence-corrected chi connectivity index (χ4v) is 2.30. The molecule has 1 aromatic carbocycles. The van der Waals surface area contributed by atoms with E-state index in [0.717, 1.165) is 5.56 Å². The van der Waals surface area contributed by atoms with Gasteiger partial charge in [-0.15, -0.1) is 0 Å². The maximum Gasteiger partial charge on any atom is 0.341 e. The summed E-state index contributed by atoms with van der Waals surface area (Å²) in [6.45, 7) is 1.45. The molecule has 0 aliphatic rings. The molecule has 24 heavy (non-hydrogen) atoms. The number of carbonyl (C=O) groups excluding carboxylic acids is 1. The van der Waals surface area contributed by atoms with Gasteiger partial charge in [0.15, 0.2) is 0 Å². The molecule has 0 bridgehead atoms. The summed E-state index contributed by atoms with van der Waals surface area (Å²) in [5.74, 6) is 0.227. The second-order valence-corrected chi connectivity index (χ2v) is 5.13. The molecule has 0 radical (unpaired) electrons. The van der Waals surface area contributed by atoms with Gasteiger partial charge in [-0.2, -0.15) is 5.10 Å². The topological polar surface area (TPSA) is 62.1 Å². The molecule has 0 fully saturated rings. The third-order valence-electron chi connectivity index (χ3n) is 3.51. The lowest BCUT2D eigenvalue weighted by Gasteiger charge is -2.08. The number of rotatable bonds is 7. The number of aromatic nitrogens is 2. The Morgan fingerprint density at radius 2 is 2.00 bits per heavy atom. The minimum Gasteiger partial charge on any atom is -0.491 e. The predicted octanol–water partition coefficient (Wildman–Crippen LogP) is 2.72. The van der Waals surface area contributed by atoms with Gasteiger partial charge in [0.25, 0.3) is 0 Å². The van der Waals surface area contributed by atoms with Crippen molar-refractivity contribution in [3.05, 3.63) is 66.0 Å². The third-order valence-corrected chi connectivity index (χ3v) is 3.51. The maximum absolute atomic E-state index is 11.7. The zero-order chi connectivity index (χ0) is 16.8. The van der Waals surface area contributed by atoms with Crippen LogP contribution in [-0.4, -0.2) is 35.9 Å². The van der Waals surface area contributed by atoms with Crippen LogP contribution < -0.4 is 4.74 Å². The number of hydrogen-bond donors (Lipinski definition) is 0. The van der Waals surface area contributed by atoms with E-state index in [2.05, 4.69) is 5.10 Å². The molecule has 2 aromatic heterocycles. The first-order valence-electron chi connectivity index (χ1n) is 7.58. The van der Waals surface area contributed by atoms with Crippen LogP contribution in [0.15, 0.2) is 54.9 Å². The average Bonchev–Trinajstić information content (AvgIpc) is 3.05. The molecule has 0 amide bonds. The molecule has 3 aromatic rings. The van der Waals surface area contributed by atoms with Crippen molar-refractivity contribution >= 4 is 11.5 Å². The summed E-state index contributed by atoms with van der Waals surface area (Å²) in [6, 6.07) is 13.5. The first kappa shape index (κ1) is 16.0. The first-order valence-corrected chi connectivity index (χ1v) is 7.58. The van der Waals surface area contributed by atoms with Gasteiger partial charge in [0.1, 0.15) is 17.9 Å². The summed E-state index contributed by atoms with van der Waals surface area (Å²) in [5, 5.41) is 4.11. The number of esters is 1. The van der Waals surface area contributed by atoms with Gasteiger partial charge in [-0.05, 0) is 11.6 Å². The van der Waals surface area contributed by atoms with Crippen molar-refractivity contribution in [3.63, 3.8) is 0 Å². The molecule has 6 nitrogen and oxygen atoms in total. The second kappa shape index (κ2) is 7.61. The summed E-state index contributed by atoms with van der Waals surface area (Å²) in [7, 11) is 1.34. The van der Waals surface area contributed by atoms with Crippen molar-refractivity contribution in [2.75, 3.05) is 20.3 Å². The molecule has 0 unspecified atom stereocenters. The van der Waals surface area contributed by atoms with Crippen LogP contribution >= 0.6 is 0 Å². The number of hydrogen-bond acceptors (Lipinski definition) is 5. The van der Waals surface area contributed by atoms with Gasteiger partial charge in [0.2, 0.25) is 0 Å². The van der Waals surface area contributed by atoms with Gasteiger partial charge in [0, 0.05) is 12.3 Å². The van der Waals surface area contributed by atoms with Crippen LogP contribution in [0.1, 0.15) is 15.9 Å². The smallest absolute Gasteiger partial charge is 0.341 e. The molecule has 0 saturated carbocycles. The molecule has 0 spiro atoms. The van der Waals surface area contributed by atoms with Gasteiger partial charge in [-0.25, -0.2) is 9.31 Å². The van der Waals surface area contributed by atoms with Crippen LogP contribution in [0.25, 0.3) is 5.52 Å². The van der Waals surface area contributed by atoms with Crippen molar-refractivity contribution < 1.29 is 19.0 Å². The highest BCUT2D eigenvalue weighted by Crippen LogP contribution is 2.18. The van der Waals surface area contributed by atoms with Crippen LogP contribution in [0.5, 0.6) is 5.75 Å². The summed E-state index contributed by atoms with van der Waals surface area (Å²) < 4.78 is 17.6. The van der Waals surface area contributed by atoms with Crippen molar-refractivity contribution in [1.82, 2.24) is 9.61 Å². The van der Waals surface area contributed by atoms with E-state index in [4.69, 9.17) is 14.2 Å². The monoisotopic (exact) mass is 326 g/mol. The Hall–Kier alpha value is -2.86.